The van der Waals surface area contributed by atoms with E-state index in [-0.39, 0.29) is 22.9 Å². The van der Waals surface area contributed by atoms with Crippen LogP contribution < -0.4 is 20.8 Å². The van der Waals surface area contributed by atoms with Gasteiger partial charge in [-0.3, -0.25) is 14.5 Å². The highest BCUT2D eigenvalue weighted by atomic mass is 79.9. The number of aromatic nitrogens is 3. The van der Waals surface area contributed by atoms with Crippen LogP contribution in [0.5, 0.6) is 0 Å². The first kappa shape index (κ1) is 36.7. The molecule has 5 rings (SSSR count). The lowest BCUT2D eigenvalue weighted by Gasteiger charge is -2.34. The largest absolute Gasteiger partial charge is 0.367 e. The van der Waals surface area contributed by atoms with Crippen LogP contribution in [0.1, 0.15) is 90.0 Å². The van der Waals surface area contributed by atoms with Crippen molar-refractivity contribution in [2.24, 2.45) is 17.7 Å². The number of pyridine rings is 3. The summed E-state index contributed by atoms with van der Waals surface area (Å²) in [6, 6.07) is 14.1. The summed E-state index contributed by atoms with van der Waals surface area (Å²) < 4.78 is 4.01. The SMILES string of the molecule is CC.CC1CC(Cc2ccc(Br)cn2)Nc2cccc(n2)SNC(=O)c2ccc(C(C)(C)C)nc2N2CC1CC2(C)C.CON. The molecule has 3 unspecified atom stereocenters. The number of hydrogen-bond acceptors (Lipinski definition) is 9. The molecule has 1 amide bonds. The lowest BCUT2D eigenvalue weighted by atomic mass is 9.83. The van der Waals surface area contributed by atoms with Crippen LogP contribution in [0.15, 0.2) is 58.2 Å². The molecule has 3 aromatic rings. The first-order valence-corrected chi connectivity index (χ1v) is 17.2. The predicted octanol–water partition coefficient (Wildman–Crippen LogP) is 7.57. The number of carbonyl (C=O) groups is 1. The Morgan fingerprint density at radius 1 is 1.13 bits per heavy atom. The van der Waals surface area contributed by atoms with Crippen molar-refractivity contribution in [3.63, 3.8) is 0 Å². The number of hydrogen-bond donors (Lipinski definition) is 3. The van der Waals surface area contributed by atoms with Gasteiger partial charge in [-0.1, -0.05) is 47.6 Å². The molecule has 1 fully saturated rings. The number of carbonyl (C=O) groups excluding carboxylic acids is 1. The number of anilines is 2. The van der Waals surface area contributed by atoms with E-state index in [4.69, 9.17) is 9.97 Å². The predicted molar refractivity (Wildman–Crippen MR) is 189 cm³/mol. The zero-order chi connectivity index (χ0) is 33.4. The number of amides is 1. The van der Waals surface area contributed by atoms with Crippen LogP contribution >= 0.6 is 27.9 Å². The standard InChI is InChI=1S/C31H39BrN6OS.C2H6.CH5NO/c1-19-14-23(15-22-11-10-21(32)17-33-22)34-26-8-7-9-27(36-26)40-37-29(39)24-12-13-25(30(2,3)4)35-28(24)38-18-20(19)16-31(38,5)6;1-2;1-3-2/h7-13,17,19-20,23H,14-16,18H2,1-6H3,(H,34,36)(H,37,39);1-2H3;2H2,1H3. The van der Waals surface area contributed by atoms with Crippen molar-refractivity contribution in [3.05, 3.63) is 70.1 Å². The number of nitrogens with zero attached hydrogens (tertiary/aromatic N) is 4. The van der Waals surface area contributed by atoms with E-state index in [0.29, 0.717) is 17.4 Å². The fourth-order valence-corrected chi connectivity index (χ4v) is 6.66. The Bertz CT molecular complexity index is 1400. The third kappa shape index (κ3) is 9.88. The first-order valence-electron chi connectivity index (χ1n) is 15.6. The van der Waals surface area contributed by atoms with Crippen molar-refractivity contribution in [3.8, 4) is 0 Å². The molecule has 9 nitrogen and oxygen atoms in total. The van der Waals surface area contributed by atoms with Gasteiger partial charge in [-0.05, 0) is 90.9 Å². The molecule has 2 aliphatic heterocycles. The van der Waals surface area contributed by atoms with Gasteiger partial charge in [-0.15, -0.1) is 0 Å². The number of fused-ring (bicyclic) bond motifs is 6. The molecule has 2 aliphatic rings. The third-order valence-electron chi connectivity index (χ3n) is 8.08. The molecule has 1 saturated heterocycles. The van der Waals surface area contributed by atoms with Crippen LogP contribution in [0, 0.1) is 11.8 Å². The summed E-state index contributed by atoms with van der Waals surface area (Å²) >= 11 is 4.74. The van der Waals surface area contributed by atoms with E-state index in [1.54, 1.807) is 0 Å². The van der Waals surface area contributed by atoms with Gasteiger partial charge in [0.05, 0.1) is 12.7 Å². The smallest absolute Gasteiger partial charge is 0.265 e. The van der Waals surface area contributed by atoms with Crippen LogP contribution in [0.3, 0.4) is 0 Å². The van der Waals surface area contributed by atoms with Crippen LogP contribution in [0.2, 0.25) is 0 Å². The van der Waals surface area contributed by atoms with Gasteiger partial charge in [0.25, 0.3) is 5.91 Å². The van der Waals surface area contributed by atoms with Gasteiger partial charge in [-0.25, -0.2) is 15.9 Å². The van der Waals surface area contributed by atoms with Crippen LogP contribution in [0.4, 0.5) is 11.6 Å². The maximum Gasteiger partial charge on any atom is 0.265 e. The Kier molecular flexibility index (Phi) is 13.2. The van der Waals surface area contributed by atoms with E-state index in [1.807, 2.05) is 56.4 Å². The van der Waals surface area contributed by atoms with E-state index in [0.717, 1.165) is 58.3 Å². The van der Waals surface area contributed by atoms with Gasteiger partial charge in [-0.2, -0.15) is 0 Å². The fourth-order valence-electron chi connectivity index (χ4n) is 5.83. The summed E-state index contributed by atoms with van der Waals surface area (Å²) in [4.78, 5) is 34.3. The second-order valence-electron chi connectivity index (χ2n) is 13.1. The third-order valence-corrected chi connectivity index (χ3v) is 9.28. The van der Waals surface area contributed by atoms with Crippen molar-refractivity contribution in [2.45, 2.75) is 96.7 Å². The Balaban J connectivity index is 0.00000104. The highest BCUT2D eigenvalue weighted by Gasteiger charge is 2.43. The number of halogens is 1. The highest BCUT2D eigenvalue weighted by molar-refractivity contribution is 9.10. The Labute approximate surface area is 282 Å². The van der Waals surface area contributed by atoms with Gasteiger partial charge in [0.2, 0.25) is 0 Å². The minimum Gasteiger partial charge on any atom is -0.367 e. The second kappa shape index (κ2) is 16.2. The Morgan fingerprint density at radius 3 is 2.49 bits per heavy atom. The van der Waals surface area contributed by atoms with Crippen molar-refractivity contribution in [1.82, 2.24) is 19.7 Å². The summed E-state index contributed by atoms with van der Waals surface area (Å²) in [5.41, 5.74) is 2.37. The number of nitrogens with one attached hydrogen (secondary N) is 2. The molecule has 3 atom stereocenters. The second-order valence-corrected chi connectivity index (χ2v) is 14.8. The van der Waals surface area contributed by atoms with E-state index < -0.39 is 0 Å². The minimum atomic E-state index is -0.158. The summed E-state index contributed by atoms with van der Waals surface area (Å²) in [5.74, 6) is 6.65. The molecule has 45 heavy (non-hydrogen) atoms. The molecule has 0 aliphatic carbocycles. The lowest BCUT2D eigenvalue weighted by Crippen LogP contribution is -2.40. The molecule has 0 aromatic carbocycles. The molecule has 246 valence electrons. The van der Waals surface area contributed by atoms with Gasteiger partial charge in [0.1, 0.15) is 16.7 Å². The molecule has 11 heteroatoms. The monoisotopic (exact) mass is 699 g/mol. The van der Waals surface area contributed by atoms with Gasteiger partial charge in [0, 0.05) is 64.0 Å². The van der Waals surface area contributed by atoms with E-state index in [2.05, 4.69) is 94.2 Å². The van der Waals surface area contributed by atoms with Crippen LogP contribution in [0.25, 0.3) is 0 Å². The molecule has 5 heterocycles. The summed E-state index contributed by atoms with van der Waals surface area (Å²) in [7, 11) is 1.40. The van der Waals surface area contributed by atoms with E-state index >= 15 is 0 Å². The molecule has 0 radical (unpaired) electrons. The normalized spacial score (nSPS) is 20.9. The topological polar surface area (TPSA) is 118 Å². The molecule has 4 N–H and O–H groups in total. The number of rotatable bonds is 2. The lowest BCUT2D eigenvalue weighted by molar-refractivity contribution is 0.0984. The summed E-state index contributed by atoms with van der Waals surface area (Å²) in [6.45, 7) is 18.3. The van der Waals surface area contributed by atoms with Crippen molar-refractivity contribution >= 4 is 45.4 Å². The molecular weight excluding hydrogens is 650 g/mol. The minimum absolute atomic E-state index is 0.127. The Hall–Kier alpha value is -2.73. The zero-order valence-electron chi connectivity index (χ0n) is 28.1. The summed E-state index contributed by atoms with van der Waals surface area (Å²) in [6.07, 6.45) is 4.66. The van der Waals surface area contributed by atoms with Gasteiger partial charge in [0.15, 0.2) is 0 Å². The van der Waals surface area contributed by atoms with Crippen molar-refractivity contribution < 1.29 is 9.63 Å². The zero-order valence-corrected chi connectivity index (χ0v) is 30.6. The van der Waals surface area contributed by atoms with Gasteiger partial charge < -0.3 is 15.1 Å². The summed E-state index contributed by atoms with van der Waals surface area (Å²) in [5, 5.41) is 4.43. The quantitative estimate of drug-likeness (QED) is 0.184. The molecule has 0 spiro atoms. The van der Waals surface area contributed by atoms with Crippen LogP contribution in [-0.2, 0) is 16.7 Å². The van der Waals surface area contributed by atoms with Crippen molar-refractivity contribution in [1.29, 1.82) is 0 Å². The fraction of sp³-hybridized carbons (Fsp3) is 0.529. The first-order chi connectivity index (χ1) is 21.3. The Morgan fingerprint density at radius 2 is 1.84 bits per heavy atom. The maximum atomic E-state index is 13.6. The average Bonchev–Trinajstić information content (AvgIpc) is 3.32. The van der Waals surface area contributed by atoms with Crippen molar-refractivity contribution in [2.75, 3.05) is 23.9 Å². The number of nitrogens with two attached hydrogens (primary N) is 1. The van der Waals surface area contributed by atoms with Crippen LogP contribution in [-0.4, -0.2) is 46.1 Å². The molecule has 4 bridgehead atoms. The average molecular weight is 701 g/mol. The highest BCUT2D eigenvalue weighted by Crippen LogP contribution is 2.42. The molecule has 0 saturated carbocycles. The molecule has 3 aromatic heterocycles. The maximum absolute atomic E-state index is 13.6. The molecular formula is C34H50BrN7O2S. The van der Waals surface area contributed by atoms with E-state index in [9.17, 15) is 4.79 Å². The van der Waals surface area contributed by atoms with Gasteiger partial charge >= 0.3 is 0 Å². The van der Waals surface area contributed by atoms with E-state index in [1.165, 1.54) is 19.1 Å².